The largest absolute Gasteiger partial charge is 0.399 e. The van der Waals surface area contributed by atoms with Crippen LogP contribution in [0.15, 0.2) is 18.2 Å². The van der Waals surface area contributed by atoms with Crippen molar-refractivity contribution >= 4 is 11.4 Å². The van der Waals surface area contributed by atoms with E-state index in [0.29, 0.717) is 18.6 Å². The van der Waals surface area contributed by atoms with Crippen LogP contribution in [0, 0.1) is 6.92 Å². The van der Waals surface area contributed by atoms with E-state index in [1.54, 1.807) is 0 Å². The minimum atomic E-state index is 0.200. The van der Waals surface area contributed by atoms with Crippen molar-refractivity contribution in [2.24, 2.45) is 0 Å². The highest BCUT2D eigenvalue weighted by Crippen LogP contribution is 2.27. The highest BCUT2D eigenvalue weighted by Gasteiger charge is 2.28. The zero-order valence-electron chi connectivity index (χ0n) is 11.2. The zero-order chi connectivity index (χ0) is 13.1. The SMILES string of the molecule is Cc1cc(N2CC(NCCO)CC2C)ccc1N. The van der Waals surface area contributed by atoms with Crippen molar-refractivity contribution in [2.45, 2.75) is 32.4 Å². The van der Waals surface area contributed by atoms with E-state index in [1.807, 2.05) is 13.0 Å². The van der Waals surface area contributed by atoms with Crippen molar-refractivity contribution in [3.8, 4) is 0 Å². The fourth-order valence-corrected chi connectivity index (χ4v) is 2.65. The van der Waals surface area contributed by atoms with E-state index in [2.05, 4.69) is 29.3 Å². The Hall–Kier alpha value is -1.26. The van der Waals surface area contributed by atoms with Gasteiger partial charge in [0.1, 0.15) is 0 Å². The highest BCUT2D eigenvalue weighted by atomic mass is 16.3. The minimum Gasteiger partial charge on any atom is -0.399 e. The summed E-state index contributed by atoms with van der Waals surface area (Å²) in [7, 11) is 0. The molecule has 4 nitrogen and oxygen atoms in total. The standard InChI is InChI=1S/C14H23N3O/c1-10-7-13(3-4-14(10)15)17-9-12(8-11(17)2)16-5-6-18/h3-4,7,11-12,16,18H,5-6,8-9,15H2,1-2H3. The van der Waals surface area contributed by atoms with Gasteiger partial charge in [-0.3, -0.25) is 0 Å². The van der Waals surface area contributed by atoms with Gasteiger partial charge in [0, 0.05) is 36.5 Å². The molecule has 100 valence electrons. The van der Waals surface area contributed by atoms with Crippen LogP contribution in [0.3, 0.4) is 0 Å². The molecule has 0 spiro atoms. The van der Waals surface area contributed by atoms with Gasteiger partial charge >= 0.3 is 0 Å². The Morgan fingerprint density at radius 2 is 2.28 bits per heavy atom. The maximum Gasteiger partial charge on any atom is 0.0556 e. The van der Waals surface area contributed by atoms with Crippen molar-refractivity contribution in [1.29, 1.82) is 0 Å². The average Bonchev–Trinajstić information content (AvgIpc) is 2.71. The lowest BCUT2D eigenvalue weighted by Gasteiger charge is -2.24. The lowest BCUT2D eigenvalue weighted by molar-refractivity contribution is 0.285. The molecular formula is C14H23N3O. The molecule has 1 heterocycles. The quantitative estimate of drug-likeness (QED) is 0.700. The van der Waals surface area contributed by atoms with Gasteiger partial charge in [-0.2, -0.15) is 0 Å². The first-order chi connectivity index (χ1) is 8.61. The summed E-state index contributed by atoms with van der Waals surface area (Å²) >= 11 is 0. The van der Waals surface area contributed by atoms with Crippen LogP contribution in [0.25, 0.3) is 0 Å². The second kappa shape index (κ2) is 5.59. The summed E-state index contributed by atoms with van der Waals surface area (Å²) < 4.78 is 0. The average molecular weight is 249 g/mol. The predicted octanol–water partition coefficient (Wildman–Crippen LogP) is 1.13. The molecule has 0 saturated carbocycles. The van der Waals surface area contributed by atoms with Gasteiger partial charge in [0.15, 0.2) is 0 Å². The van der Waals surface area contributed by atoms with Crippen LogP contribution < -0.4 is 16.0 Å². The maximum atomic E-state index is 8.85. The summed E-state index contributed by atoms with van der Waals surface area (Å²) in [6.45, 7) is 6.15. The molecule has 0 aromatic heterocycles. The van der Waals surface area contributed by atoms with Crippen LogP contribution in [0.5, 0.6) is 0 Å². The fraction of sp³-hybridized carbons (Fsp3) is 0.571. The monoisotopic (exact) mass is 249 g/mol. The molecule has 18 heavy (non-hydrogen) atoms. The number of hydrogen-bond donors (Lipinski definition) is 3. The number of nitrogens with two attached hydrogens (primary N) is 1. The lowest BCUT2D eigenvalue weighted by atomic mass is 10.1. The van der Waals surface area contributed by atoms with E-state index >= 15 is 0 Å². The molecule has 0 bridgehead atoms. The molecule has 0 amide bonds. The Morgan fingerprint density at radius 3 is 2.94 bits per heavy atom. The Morgan fingerprint density at radius 1 is 1.50 bits per heavy atom. The number of nitrogen functional groups attached to an aromatic ring is 1. The maximum absolute atomic E-state index is 8.85. The minimum absolute atomic E-state index is 0.200. The van der Waals surface area contributed by atoms with Gasteiger partial charge in [0.25, 0.3) is 0 Å². The van der Waals surface area contributed by atoms with Gasteiger partial charge in [-0.25, -0.2) is 0 Å². The zero-order valence-corrected chi connectivity index (χ0v) is 11.2. The number of aliphatic hydroxyl groups is 1. The second-order valence-corrected chi connectivity index (χ2v) is 5.15. The molecule has 0 aliphatic carbocycles. The molecule has 2 rings (SSSR count). The van der Waals surface area contributed by atoms with Gasteiger partial charge in [-0.1, -0.05) is 0 Å². The molecule has 1 aromatic rings. The van der Waals surface area contributed by atoms with Gasteiger partial charge in [0.2, 0.25) is 0 Å². The number of nitrogens with one attached hydrogen (secondary N) is 1. The summed E-state index contributed by atoms with van der Waals surface area (Å²) in [5.41, 5.74) is 9.07. The van der Waals surface area contributed by atoms with E-state index < -0.39 is 0 Å². The third-order valence-corrected chi connectivity index (χ3v) is 3.70. The van der Waals surface area contributed by atoms with Crippen molar-refractivity contribution < 1.29 is 5.11 Å². The molecule has 4 N–H and O–H groups in total. The smallest absolute Gasteiger partial charge is 0.0556 e. The molecule has 4 heteroatoms. The number of aryl methyl sites for hydroxylation is 1. The second-order valence-electron chi connectivity index (χ2n) is 5.15. The van der Waals surface area contributed by atoms with Gasteiger partial charge in [-0.15, -0.1) is 0 Å². The Labute approximate surface area is 109 Å². The lowest BCUT2D eigenvalue weighted by Crippen LogP contribution is -2.34. The molecule has 2 unspecified atom stereocenters. The van der Waals surface area contributed by atoms with Crippen LogP contribution in [-0.2, 0) is 0 Å². The van der Waals surface area contributed by atoms with Crippen LogP contribution in [0.1, 0.15) is 18.9 Å². The fourth-order valence-electron chi connectivity index (χ4n) is 2.65. The van der Waals surface area contributed by atoms with Gasteiger partial charge in [-0.05, 0) is 44.0 Å². The molecule has 2 atom stereocenters. The Kier molecular flexibility index (Phi) is 4.09. The van der Waals surface area contributed by atoms with Crippen LogP contribution in [-0.4, -0.2) is 36.9 Å². The Balaban J connectivity index is 2.06. The van der Waals surface area contributed by atoms with E-state index in [-0.39, 0.29) is 6.61 Å². The number of aliphatic hydroxyl groups excluding tert-OH is 1. The molecular weight excluding hydrogens is 226 g/mol. The number of rotatable bonds is 4. The van der Waals surface area contributed by atoms with Gasteiger partial charge in [0.05, 0.1) is 6.61 Å². The summed E-state index contributed by atoms with van der Waals surface area (Å²) in [5, 5.41) is 12.2. The molecule has 1 aromatic carbocycles. The number of nitrogens with zero attached hydrogens (tertiary/aromatic N) is 1. The molecule has 1 aliphatic rings. The van der Waals surface area contributed by atoms with Crippen molar-refractivity contribution in [1.82, 2.24) is 5.32 Å². The number of benzene rings is 1. The third kappa shape index (κ3) is 2.76. The van der Waals surface area contributed by atoms with Crippen molar-refractivity contribution in [3.05, 3.63) is 23.8 Å². The van der Waals surface area contributed by atoms with Crippen LogP contribution in [0.4, 0.5) is 11.4 Å². The van der Waals surface area contributed by atoms with Crippen molar-refractivity contribution in [3.63, 3.8) is 0 Å². The first kappa shape index (κ1) is 13.2. The first-order valence-corrected chi connectivity index (χ1v) is 6.59. The van der Waals surface area contributed by atoms with E-state index in [4.69, 9.17) is 10.8 Å². The Bertz CT molecular complexity index is 408. The van der Waals surface area contributed by atoms with E-state index in [9.17, 15) is 0 Å². The molecule has 1 saturated heterocycles. The highest BCUT2D eigenvalue weighted by molar-refractivity contribution is 5.59. The van der Waals surface area contributed by atoms with Crippen molar-refractivity contribution in [2.75, 3.05) is 30.3 Å². The molecule has 1 aliphatic heterocycles. The number of hydrogen-bond acceptors (Lipinski definition) is 4. The summed E-state index contributed by atoms with van der Waals surface area (Å²) in [6.07, 6.45) is 1.11. The normalized spacial score (nSPS) is 23.6. The summed E-state index contributed by atoms with van der Waals surface area (Å²) in [6, 6.07) is 7.20. The summed E-state index contributed by atoms with van der Waals surface area (Å²) in [4.78, 5) is 2.40. The predicted molar refractivity (Wildman–Crippen MR) is 75.9 cm³/mol. The third-order valence-electron chi connectivity index (χ3n) is 3.70. The molecule has 1 fully saturated rings. The van der Waals surface area contributed by atoms with E-state index in [0.717, 1.165) is 24.2 Å². The number of anilines is 2. The topological polar surface area (TPSA) is 61.5 Å². The molecule has 0 radical (unpaired) electrons. The summed E-state index contributed by atoms with van der Waals surface area (Å²) in [5.74, 6) is 0. The first-order valence-electron chi connectivity index (χ1n) is 6.59. The van der Waals surface area contributed by atoms with Gasteiger partial charge < -0.3 is 21.1 Å². The van der Waals surface area contributed by atoms with Crippen LogP contribution >= 0.6 is 0 Å². The van der Waals surface area contributed by atoms with Crippen LogP contribution in [0.2, 0.25) is 0 Å². The van der Waals surface area contributed by atoms with E-state index in [1.165, 1.54) is 5.69 Å².